The van der Waals surface area contributed by atoms with Crippen molar-refractivity contribution in [2.75, 3.05) is 6.61 Å². The van der Waals surface area contributed by atoms with Crippen LogP contribution in [-0.4, -0.2) is 22.7 Å². The van der Waals surface area contributed by atoms with Crippen molar-refractivity contribution in [3.8, 4) is 0 Å². The van der Waals surface area contributed by atoms with E-state index in [1.54, 1.807) is 6.07 Å². The number of aliphatic hydroxyl groups excluding tert-OH is 1. The summed E-state index contributed by atoms with van der Waals surface area (Å²) in [5.74, 6) is 0.762. The number of nitrogens with zero attached hydrogens (tertiary/aromatic N) is 1. The van der Waals surface area contributed by atoms with Crippen LogP contribution in [0.3, 0.4) is 0 Å². The first-order valence-corrected chi connectivity index (χ1v) is 12.7. The van der Waals surface area contributed by atoms with Gasteiger partial charge in [0.1, 0.15) is 5.82 Å². The van der Waals surface area contributed by atoms with Crippen molar-refractivity contribution in [2.24, 2.45) is 17.3 Å². The molecule has 0 saturated carbocycles. The van der Waals surface area contributed by atoms with E-state index >= 15 is 4.39 Å². The van der Waals surface area contributed by atoms with Crippen molar-refractivity contribution in [3.05, 3.63) is 34.4 Å². The number of pyridine rings is 1. The highest BCUT2D eigenvalue weighted by molar-refractivity contribution is 5.56. The molecule has 0 aliphatic carbocycles. The first-order valence-electron chi connectivity index (χ1n) is 12.7. The summed E-state index contributed by atoms with van der Waals surface area (Å²) in [5.41, 5.74) is 3.44. The maximum atomic E-state index is 15.0. The average molecular weight is 449 g/mol. The summed E-state index contributed by atoms with van der Waals surface area (Å²) in [6.45, 7) is 19.4. The normalized spacial score (nSPS) is 22.4. The summed E-state index contributed by atoms with van der Waals surface area (Å²) < 4.78 is 15.0. The number of rotatable bonds is 6. The van der Waals surface area contributed by atoms with Gasteiger partial charge in [-0.1, -0.05) is 79.4 Å². The Morgan fingerprint density at radius 3 is 2.38 bits per heavy atom. The van der Waals surface area contributed by atoms with E-state index in [0.717, 1.165) is 36.9 Å². The van der Waals surface area contributed by atoms with Crippen molar-refractivity contribution < 1.29 is 9.50 Å². The number of allylic oxidation sites excluding steroid dienone is 1. The summed E-state index contributed by atoms with van der Waals surface area (Å²) in [4.78, 5) is 4.66. The van der Waals surface area contributed by atoms with Crippen LogP contribution in [0, 0.1) is 30.0 Å². The van der Waals surface area contributed by atoms with Crippen molar-refractivity contribution in [1.82, 2.24) is 10.3 Å². The zero-order valence-electron chi connectivity index (χ0n) is 22.2. The highest BCUT2D eigenvalue weighted by atomic mass is 19.1. The van der Waals surface area contributed by atoms with Crippen molar-refractivity contribution in [2.45, 2.75) is 113 Å². The lowest BCUT2D eigenvalue weighted by molar-refractivity contribution is 0.178. The Bertz CT molecular complexity index is 719. The predicted molar refractivity (Wildman–Crippen MR) is 136 cm³/mol. The molecule has 1 saturated heterocycles. The molecule has 3 atom stereocenters. The third-order valence-electron chi connectivity index (χ3n) is 6.64. The quantitative estimate of drug-likeness (QED) is 0.470. The summed E-state index contributed by atoms with van der Waals surface area (Å²) >= 11 is 0. The van der Waals surface area contributed by atoms with Crippen molar-refractivity contribution in [1.29, 1.82) is 0 Å². The highest BCUT2D eigenvalue weighted by Gasteiger charge is 2.30. The molecule has 0 radical (unpaired) electrons. The van der Waals surface area contributed by atoms with Gasteiger partial charge < -0.3 is 10.4 Å². The van der Waals surface area contributed by atoms with E-state index < -0.39 is 0 Å². The Morgan fingerprint density at radius 2 is 1.88 bits per heavy atom. The molecule has 0 aromatic carbocycles. The van der Waals surface area contributed by atoms with Gasteiger partial charge in [-0.25, -0.2) is 4.39 Å². The summed E-state index contributed by atoms with van der Waals surface area (Å²) in [5, 5.41) is 13.4. The SMILES string of the molecule is C/C(=C\c1cc(F)c(C2CCCC(CC(C)C)C(CO)N2)nc1C)C(C)(C)C.CCCC. The second-order valence-corrected chi connectivity index (χ2v) is 10.9. The van der Waals surface area contributed by atoms with Crippen LogP contribution in [0.15, 0.2) is 11.6 Å². The van der Waals surface area contributed by atoms with Crippen LogP contribution in [0.2, 0.25) is 0 Å². The Labute approximate surface area is 197 Å². The molecule has 1 aromatic rings. The fourth-order valence-corrected chi connectivity index (χ4v) is 4.02. The first kappa shape index (κ1) is 28.8. The van der Waals surface area contributed by atoms with Crippen molar-refractivity contribution >= 4 is 6.08 Å². The van der Waals surface area contributed by atoms with Crippen LogP contribution in [0.1, 0.15) is 117 Å². The lowest BCUT2D eigenvalue weighted by Gasteiger charge is -2.28. The molecule has 1 aliphatic heterocycles. The molecular weight excluding hydrogens is 399 g/mol. The molecule has 1 fully saturated rings. The minimum atomic E-state index is -0.255. The maximum absolute atomic E-state index is 15.0. The smallest absolute Gasteiger partial charge is 0.146 e. The van der Waals surface area contributed by atoms with Gasteiger partial charge in [-0.05, 0) is 62.0 Å². The second-order valence-electron chi connectivity index (χ2n) is 10.9. The third kappa shape index (κ3) is 8.94. The number of hydrogen-bond donors (Lipinski definition) is 2. The van der Waals surface area contributed by atoms with Crippen LogP contribution in [0.5, 0.6) is 0 Å². The van der Waals surface area contributed by atoms with E-state index in [2.05, 4.69) is 65.7 Å². The zero-order valence-corrected chi connectivity index (χ0v) is 22.2. The van der Waals surface area contributed by atoms with Gasteiger partial charge in [0.25, 0.3) is 0 Å². The lowest BCUT2D eigenvalue weighted by atomic mass is 9.86. The lowest BCUT2D eigenvalue weighted by Crippen LogP contribution is -2.40. The Balaban J connectivity index is 0.00000118. The number of hydrogen-bond acceptors (Lipinski definition) is 3. The molecule has 2 heterocycles. The molecule has 2 N–H and O–H groups in total. The molecule has 1 aromatic heterocycles. The molecule has 0 amide bonds. The summed E-state index contributed by atoms with van der Waals surface area (Å²) in [6.07, 6.45) is 8.71. The third-order valence-corrected chi connectivity index (χ3v) is 6.64. The standard InChI is InChI=1S/C24H39FN2O.C4H10/c1-15(2)11-18-9-8-10-21(27-22(18)14-28)23-20(25)13-19(17(4)26-23)12-16(3)24(5,6)7;1-3-4-2/h12-13,15,18,21-22,27-28H,8-11,14H2,1-7H3;3-4H2,1-2H3/b16-12+;. The van der Waals surface area contributed by atoms with Gasteiger partial charge in [-0.2, -0.15) is 0 Å². The number of unbranched alkanes of at least 4 members (excludes halogenated alkanes) is 1. The monoisotopic (exact) mass is 448 g/mol. The van der Waals surface area contributed by atoms with E-state index in [4.69, 9.17) is 0 Å². The van der Waals surface area contributed by atoms with Crippen LogP contribution in [-0.2, 0) is 0 Å². The van der Waals surface area contributed by atoms with Crippen molar-refractivity contribution in [3.63, 3.8) is 0 Å². The maximum Gasteiger partial charge on any atom is 0.146 e. The molecule has 0 bridgehead atoms. The van der Waals surface area contributed by atoms with Crippen LogP contribution >= 0.6 is 0 Å². The molecule has 4 heteroatoms. The van der Waals surface area contributed by atoms with Crippen LogP contribution in [0.4, 0.5) is 4.39 Å². The molecule has 3 nitrogen and oxygen atoms in total. The molecule has 184 valence electrons. The van der Waals surface area contributed by atoms with E-state index in [0.29, 0.717) is 17.5 Å². The zero-order chi connectivity index (χ0) is 24.5. The van der Waals surface area contributed by atoms with Gasteiger partial charge in [-0.15, -0.1) is 0 Å². The molecule has 1 aliphatic rings. The Kier molecular flexibility index (Phi) is 12.1. The molecule has 0 spiro atoms. The van der Waals surface area contributed by atoms with Gasteiger partial charge in [0.15, 0.2) is 0 Å². The highest BCUT2D eigenvalue weighted by Crippen LogP contribution is 2.33. The van der Waals surface area contributed by atoms with Gasteiger partial charge in [0.2, 0.25) is 0 Å². The Morgan fingerprint density at radius 1 is 1.25 bits per heavy atom. The van der Waals surface area contributed by atoms with Gasteiger partial charge >= 0.3 is 0 Å². The minimum absolute atomic E-state index is 0.000821. The number of aryl methyl sites for hydroxylation is 1. The van der Waals surface area contributed by atoms with E-state index in [-0.39, 0.29) is 29.9 Å². The summed E-state index contributed by atoms with van der Waals surface area (Å²) in [7, 11) is 0. The molecule has 32 heavy (non-hydrogen) atoms. The van der Waals surface area contributed by atoms with Crippen LogP contribution < -0.4 is 5.32 Å². The fourth-order valence-electron chi connectivity index (χ4n) is 4.02. The second kappa shape index (κ2) is 13.4. The number of aromatic nitrogens is 1. The number of aliphatic hydroxyl groups is 1. The topological polar surface area (TPSA) is 45.1 Å². The summed E-state index contributed by atoms with van der Waals surface area (Å²) in [6, 6.07) is 1.48. The number of nitrogens with one attached hydrogen (secondary N) is 1. The van der Waals surface area contributed by atoms with Crippen LogP contribution in [0.25, 0.3) is 6.08 Å². The fraction of sp³-hybridized carbons (Fsp3) is 0.750. The van der Waals surface area contributed by atoms with Gasteiger partial charge in [0.05, 0.1) is 18.3 Å². The predicted octanol–water partition coefficient (Wildman–Crippen LogP) is 7.62. The van der Waals surface area contributed by atoms with Gasteiger partial charge in [-0.3, -0.25) is 4.98 Å². The average Bonchev–Trinajstić information content (AvgIpc) is 2.91. The molecule has 2 rings (SSSR count). The number of halogens is 1. The van der Waals surface area contributed by atoms with E-state index in [1.807, 2.05) is 13.0 Å². The largest absolute Gasteiger partial charge is 0.395 e. The molecular formula is C28H49FN2O. The Hall–Kier alpha value is -1.26. The van der Waals surface area contributed by atoms with Gasteiger partial charge in [0, 0.05) is 11.7 Å². The van der Waals surface area contributed by atoms with E-state index in [1.165, 1.54) is 18.4 Å². The molecule has 3 unspecified atom stereocenters. The van der Waals surface area contributed by atoms with E-state index in [9.17, 15) is 5.11 Å². The first-order chi connectivity index (χ1) is 14.9. The minimum Gasteiger partial charge on any atom is -0.395 e.